The Labute approximate surface area is 109 Å². The molecule has 3 rings (SSSR count). The summed E-state index contributed by atoms with van der Waals surface area (Å²) in [6, 6.07) is 6.17. The summed E-state index contributed by atoms with van der Waals surface area (Å²) in [6.45, 7) is 0. The molecule has 2 aromatic rings. The van der Waals surface area contributed by atoms with Gasteiger partial charge in [-0.25, -0.2) is 14.4 Å². The van der Waals surface area contributed by atoms with Crippen molar-refractivity contribution in [1.29, 1.82) is 0 Å². The molecular weight excluding hydrogens is 253 g/mol. The Morgan fingerprint density at radius 2 is 2.11 bits per heavy atom. The van der Waals surface area contributed by atoms with E-state index in [0.717, 1.165) is 30.5 Å². The minimum atomic E-state index is -0.299. The lowest BCUT2D eigenvalue weighted by Crippen LogP contribution is -2.01. The number of benzene rings is 1. The topological polar surface area (TPSA) is 37.8 Å². The highest BCUT2D eigenvalue weighted by molar-refractivity contribution is 6.30. The summed E-state index contributed by atoms with van der Waals surface area (Å²) in [4.78, 5) is 8.60. The van der Waals surface area contributed by atoms with Gasteiger partial charge in [-0.3, -0.25) is 0 Å². The van der Waals surface area contributed by atoms with Crippen molar-refractivity contribution in [1.82, 2.24) is 9.97 Å². The van der Waals surface area contributed by atoms with Crippen LogP contribution in [0, 0.1) is 5.82 Å². The molecule has 0 atom stereocenters. The Hall–Kier alpha value is -1.68. The van der Waals surface area contributed by atoms with Crippen LogP contribution in [0.4, 0.5) is 16.0 Å². The molecule has 0 amide bonds. The Morgan fingerprint density at radius 1 is 1.22 bits per heavy atom. The number of hydrogen-bond acceptors (Lipinski definition) is 3. The van der Waals surface area contributed by atoms with Gasteiger partial charge >= 0.3 is 0 Å². The van der Waals surface area contributed by atoms with E-state index in [-0.39, 0.29) is 5.82 Å². The molecule has 0 bridgehead atoms. The number of fused-ring (bicyclic) bond motifs is 1. The summed E-state index contributed by atoms with van der Waals surface area (Å²) < 4.78 is 13.1. The first kappa shape index (κ1) is 11.4. The molecule has 1 aromatic carbocycles. The molecule has 0 saturated heterocycles. The Balaban J connectivity index is 1.92. The predicted octanol–water partition coefficient (Wildman–Crippen LogP) is 3.50. The lowest BCUT2D eigenvalue weighted by Gasteiger charge is -2.07. The minimum Gasteiger partial charge on any atom is -0.324 e. The van der Waals surface area contributed by atoms with Crippen LogP contribution in [0.5, 0.6) is 0 Å². The minimum absolute atomic E-state index is 0.299. The number of aromatic nitrogens is 2. The van der Waals surface area contributed by atoms with E-state index in [4.69, 9.17) is 11.6 Å². The van der Waals surface area contributed by atoms with Crippen LogP contribution in [0.25, 0.3) is 0 Å². The van der Waals surface area contributed by atoms with Crippen LogP contribution in [-0.2, 0) is 12.8 Å². The molecule has 0 aliphatic heterocycles. The predicted molar refractivity (Wildman–Crippen MR) is 68.7 cm³/mol. The normalized spacial score (nSPS) is 13.4. The molecule has 0 saturated carbocycles. The van der Waals surface area contributed by atoms with Gasteiger partial charge in [0, 0.05) is 11.3 Å². The maximum atomic E-state index is 13.1. The number of rotatable bonds is 2. The van der Waals surface area contributed by atoms with Crippen molar-refractivity contribution in [3.8, 4) is 0 Å². The lowest BCUT2D eigenvalue weighted by atomic mass is 10.3. The molecule has 0 unspecified atom stereocenters. The van der Waals surface area contributed by atoms with Gasteiger partial charge in [0.1, 0.15) is 11.0 Å². The number of anilines is 2. The summed E-state index contributed by atoms with van der Waals surface area (Å²) >= 11 is 6.11. The quantitative estimate of drug-likeness (QED) is 0.843. The van der Waals surface area contributed by atoms with E-state index >= 15 is 0 Å². The number of nitrogens with zero attached hydrogens (tertiary/aromatic N) is 2. The highest BCUT2D eigenvalue weighted by atomic mass is 35.5. The smallest absolute Gasteiger partial charge is 0.228 e. The van der Waals surface area contributed by atoms with Gasteiger partial charge in [0.2, 0.25) is 5.95 Å². The maximum Gasteiger partial charge on any atom is 0.228 e. The molecule has 3 nitrogen and oxygen atoms in total. The van der Waals surface area contributed by atoms with Crippen LogP contribution in [0.2, 0.25) is 5.15 Å². The molecule has 0 spiro atoms. The average Bonchev–Trinajstić information content (AvgIpc) is 2.77. The Kier molecular flexibility index (Phi) is 2.88. The van der Waals surface area contributed by atoms with E-state index in [9.17, 15) is 4.39 Å². The summed E-state index contributed by atoms with van der Waals surface area (Å²) in [6.07, 6.45) is 2.93. The van der Waals surface area contributed by atoms with E-state index in [1.807, 2.05) is 0 Å². The summed E-state index contributed by atoms with van der Waals surface area (Å²) in [5.74, 6) is 0.124. The first-order chi connectivity index (χ1) is 8.72. The zero-order chi connectivity index (χ0) is 12.5. The maximum absolute atomic E-state index is 13.1. The molecule has 1 heterocycles. The van der Waals surface area contributed by atoms with Crippen LogP contribution in [-0.4, -0.2) is 9.97 Å². The van der Waals surface area contributed by atoms with Crippen molar-refractivity contribution in [2.45, 2.75) is 19.3 Å². The van der Waals surface area contributed by atoms with Gasteiger partial charge in [0.25, 0.3) is 0 Å². The van der Waals surface area contributed by atoms with Crippen LogP contribution < -0.4 is 5.32 Å². The molecule has 1 aliphatic rings. The summed E-state index contributed by atoms with van der Waals surface area (Å²) in [5, 5.41) is 3.47. The van der Waals surface area contributed by atoms with Gasteiger partial charge < -0.3 is 5.32 Å². The zero-order valence-corrected chi connectivity index (χ0v) is 10.3. The number of aryl methyl sites for hydroxylation is 1. The second-order valence-electron chi connectivity index (χ2n) is 4.25. The highest BCUT2D eigenvalue weighted by Crippen LogP contribution is 2.28. The van der Waals surface area contributed by atoms with Crippen molar-refractivity contribution >= 4 is 23.2 Å². The van der Waals surface area contributed by atoms with Crippen LogP contribution in [0.1, 0.15) is 17.7 Å². The summed E-state index contributed by atoms with van der Waals surface area (Å²) in [5.41, 5.74) is 2.65. The fourth-order valence-electron chi connectivity index (χ4n) is 2.14. The van der Waals surface area contributed by atoms with E-state index in [1.54, 1.807) is 12.1 Å². The van der Waals surface area contributed by atoms with Crippen LogP contribution >= 0.6 is 11.6 Å². The Bertz CT molecular complexity index is 601. The number of nitrogens with one attached hydrogen (secondary N) is 1. The van der Waals surface area contributed by atoms with E-state index in [1.165, 1.54) is 12.1 Å². The van der Waals surface area contributed by atoms with Crippen molar-refractivity contribution in [2.24, 2.45) is 0 Å². The Morgan fingerprint density at radius 3 is 2.94 bits per heavy atom. The third kappa shape index (κ3) is 2.16. The van der Waals surface area contributed by atoms with Gasteiger partial charge in [-0.2, -0.15) is 0 Å². The molecule has 92 valence electrons. The van der Waals surface area contributed by atoms with Crippen molar-refractivity contribution in [2.75, 3.05) is 5.32 Å². The molecular formula is C13H11ClFN3. The van der Waals surface area contributed by atoms with Crippen molar-refractivity contribution in [3.05, 3.63) is 46.5 Å². The lowest BCUT2D eigenvalue weighted by molar-refractivity contribution is 0.628. The van der Waals surface area contributed by atoms with Gasteiger partial charge in [0.05, 0.1) is 5.69 Å². The highest BCUT2D eigenvalue weighted by Gasteiger charge is 2.18. The van der Waals surface area contributed by atoms with E-state index in [0.29, 0.717) is 16.8 Å². The van der Waals surface area contributed by atoms with E-state index < -0.39 is 0 Å². The van der Waals surface area contributed by atoms with Gasteiger partial charge in [0.15, 0.2) is 0 Å². The third-order valence-electron chi connectivity index (χ3n) is 2.96. The molecule has 5 heteroatoms. The SMILES string of the molecule is Fc1cccc(Nc2nc(Cl)c3c(n2)CCC3)c1. The third-order valence-corrected chi connectivity index (χ3v) is 3.28. The molecule has 0 radical (unpaired) electrons. The van der Waals surface area contributed by atoms with Crippen molar-refractivity contribution in [3.63, 3.8) is 0 Å². The molecule has 0 fully saturated rings. The molecule has 1 aromatic heterocycles. The first-order valence-corrected chi connectivity index (χ1v) is 6.18. The number of hydrogen-bond donors (Lipinski definition) is 1. The average molecular weight is 264 g/mol. The zero-order valence-electron chi connectivity index (χ0n) is 9.58. The van der Waals surface area contributed by atoms with E-state index in [2.05, 4.69) is 15.3 Å². The monoisotopic (exact) mass is 263 g/mol. The molecule has 1 aliphatic carbocycles. The van der Waals surface area contributed by atoms with Gasteiger partial charge in [-0.1, -0.05) is 17.7 Å². The van der Waals surface area contributed by atoms with Crippen molar-refractivity contribution < 1.29 is 4.39 Å². The molecule has 18 heavy (non-hydrogen) atoms. The second kappa shape index (κ2) is 4.53. The number of halogens is 2. The largest absolute Gasteiger partial charge is 0.324 e. The van der Waals surface area contributed by atoms with Crippen LogP contribution in [0.15, 0.2) is 24.3 Å². The summed E-state index contributed by atoms with van der Waals surface area (Å²) in [7, 11) is 0. The van der Waals surface area contributed by atoms with Gasteiger partial charge in [-0.05, 0) is 37.5 Å². The van der Waals surface area contributed by atoms with Gasteiger partial charge in [-0.15, -0.1) is 0 Å². The second-order valence-corrected chi connectivity index (χ2v) is 4.61. The fourth-order valence-corrected chi connectivity index (χ4v) is 2.42. The first-order valence-electron chi connectivity index (χ1n) is 5.80. The standard InChI is InChI=1S/C13H11ClFN3/c14-12-10-5-2-6-11(10)17-13(18-12)16-9-4-1-3-8(15)7-9/h1,3-4,7H,2,5-6H2,(H,16,17,18). The van der Waals surface area contributed by atoms with Crippen LogP contribution in [0.3, 0.4) is 0 Å². The molecule has 1 N–H and O–H groups in total. The fraction of sp³-hybridized carbons (Fsp3) is 0.231.